The SMILES string of the molecule is NCC1CCCCC1NC(=O)c1ccc(C(=O)c2cc[nH]c2)cc1. The lowest BCUT2D eigenvalue weighted by atomic mass is 9.84. The predicted molar refractivity (Wildman–Crippen MR) is 92.9 cm³/mol. The van der Waals surface area contributed by atoms with E-state index in [2.05, 4.69) is 10.3 Å². The Balaban J connectivity index is 1.66. The molecule has 4 N–H and O–H groups in total. The van der Waals surface area contributed by atoms with Crippen molar-refractivity contribution in [1.82, 2.24) is 10.3 Å². The second kappa shape index (κ2) is 7.45. The Morgan fingerprint density at radius 3 is 2.42 bits per heavy atom. The van der Waals surface area contributed by atoms with Crippen molar-refractivity contribution in [3.63, 3.8) is 0 Å². The van der Waals surface area contributed by atoms with Crippen LogP contribution in [0, 0.1) is 5.92 Å². The van der Waals surface area contributed by atoms with Gasteiger partial charge in [-0.1, -0.05) is 25.0 Å². The number of aromatic nitrogens is 1. The van der Waals surface area contributed by atoms with Gasteiger partial charge in [-0.3, -0.25) is 9.59 Å². The minimum Gasteiger partial charge on any atom is -0.367 e. The minimum atomic E-state index is -0.0963. The number of carbonyl (C=O) groups is 2. The first-order valence-electron chi connectivity index (χ1n) is 8.47. The molecule has 5 nitrogen and oxygen atoms in total. The molecule has 126 valence electrons. The topological polar surface area (TPSA) is 88.0 Å². The van der Waals surface area contributed by atoms with Gasteiger partial charge in [0.05, 0.1) is 0 Å². The van der Waals surface area contributed by atoms with E-state index >= 15 is 0 Å². The summed E-state index contributed by atoms with van der Waals surface area (Å²) >= 11 is 0. The molecule has 1 saturated carbocycles. The number of rotatable bonds is 5. The Bertz CT molecular complexity index is 692. The third kappa shape index (κ3) is 3.57. The van der Waals surface area contributed by atoms with Gasteiger partial charge in [0.25, 0.3) is 5.91 Å². The van der Waals surface area contributed by atoms with Crippen molar-refractivity contribution < 1.29 is 9.59 Å². The number of hydrogen-bond acceptors (Lipinski definition) is 3. The lowest BCUT2D eigenvalue weighted by Crippen LogP contribution is -2.44. The number of ketones is 1. The summed E-state index contributed by atoms with van der Waals surface area (Å²) in [6, 6.07) is 8.69. The molecule has 5 heteroatoms. The summed E-state index contributed by atoms with van der Waals surface area (Å²) < 4.78 is 0. The number of aromatic amines is 1. The first-order valence-corrected chi connectivity index (χ1v) is 8.47. The standard InChI is InChI=1S/C19H23N3O2/c20-11-15-3-1-2-4-17(15)22-19(24)14-7-5-13(6-8-14)18(23)16-9-10-21-12-16/h5-10,12,15,17,21H,1-4,11,20H2,(H,22,24). The number of benzene rings is 1. The van der Waals surface area contributed by atoms with Crippen LogP contribution in [0.4, 0.5) is 0 Å². The maximum Gasteiger partial charge on any atom is 0.251 e. The van der Waals surface area contributed by atoms with Crippen molar-refractivity contribution in [1.29, 1.82) is 0 Å². The summed E-state index contributed by atoms with van der Waals surface area (Å²) in [6.07, 6.45) is 7.76. The number of nitrogens with two attached hydrogens (primary N) is 1. The molecule has 2 atom stereocenters. The highest BCUT2D eigenvalue weighted by atomic mass is 16.1. The molecule has 3 rings (SSSR count). The fourth-order valence-electron chi connectivity index (χ4n) is 3.34. The molecule has 0 saturated heterocycles. The monoisotopic (exact) mass is 325 g/mol. The summed E-state index contributed by atoms with van der Waals surface area (Å²) in [4.78, 5) is 27.6. The summed E-state index contributed by atoms with van der Waals surface area (Å²) in [5.74, 6) is 0.205. The van der Waals surface area contributed by atoms with E-state index in [1.54, 1.807) is 42.7 Å². The highest BCUT2D eigenvalue weighted by Gasteiger charge is 2.25. The molecule has 1 amide bonds. The molecule has 1 aliphatic rings. The molecule has 1 aromatic carbocycles. The van der Waals surface area contributed by atoms with E-state index in [4.69, 9.17) is 5.73 Å². The van der Waals surface area contributed by atoms with Crippen molar-refractivity contribution >= 4 is 11.7 Å². The summed E-state index contributed by atoms with van der Waals surface area (Å²) in [5.41, 5.74) is 7.57. The van der Waals surface area contributed by atoms with Gasteiger partial charge in [-0.15, -0.1) is 0 Å². The third-order valence-electron chi connectivity index (χ3n) is 4.80. The van der Waals surface area contributed by atoms with Crippen molar-refractivity contribution in [2.45, 2.75) is 31.7 Å². The van der Waals surface area contributed by atoms with Crippen LogP contribution in [0.25, 0.3) is 0 Å². The normalized spacial score (nSPS) is 20.5. The van der Waals surface area contributed by atoms with Crippen LogP contribution in [0.15, 0.2) is 42.7 Å². The average molecular weight is 325 g/mol. The van der Waals surface area contributed by atoms with Gasteiger partial charge in [-0.05, 0) is 43.5 Å². The number of nitrogens with one attached hydrogen (secondary N) is 2. The lowest BCUT2D eigenvalue weighted by Gasteiger charge is -2.31. The molecule has 2 unspecified atom stereocenters. The Morgan fingerprint density at radius 2 is 1.75 bits per heavy atom. The van der Waals surface area contributed by atoms with Crippen molar-refractivity contribution in [2.75, 3.05) is 6.54 Å². The van der Waals surface area contributed by atoms with E-state index in [0.717, 1.165) is 19.3 Å². The highest BCUT2D eigenvalue weighted by molar-refractivity contribution is 6.09. The summed E-state index contributed by atoms with van der Waals surface area (Å²) in [7, 11) is 0. The van der Waals surface area contributed by atoms with Crippen molar-refractivity contribution in [3.05, 3.63) is 59.4 Å². The van der Waals surface area contributed by atoms with E-state index in [9.17, 15) is 9.59 Å². The Kier molecular flexibility index (Phi) is 5.11. The second-order valence-corrected chi connectivity index (χ2v) is 6.37. The molecule has 1 aromatic heterocycles. The van der Waals surface area contributed by atoms with Crippen LogP contribution in [0.2, 0.25) is 0 Å². The van der Waals surface area contributed by atoms with Crippen LogP contribution < -0.4 is 11.1 Å². The molecule has 0 aliphatic heterocycles. The van der Waals surface area contributed by atoms with Gasteiger partial charge in [0.2, 0.25) is 0 Å². The van der Waals surface area contributed by atoms with Gasteiger partial charge >= 0.3 is 0 Å². The zero-order valence-corrected chi connectivity index (χ0v) is 13.6. The maximum absolute atomic E-state index is 12.4. The zero-order valence-electron chi connectivity index (χ0n) is 13.6. The van der Waals surface area contributed by atoms with E-state index < -0.39 is 0 Å². The number of H-pyrrole nitrogens is 1. The molecule has 24 heavy (non-hydrogen) atoms. The fourth-order valence-corrected chi connectivity index (χ4v) is 3.34. The van der Waals surface area contributed by atoms with Crippen LogP contribution >= 0.6 is 0 Å². The van der Waals surface area contributed by atoms with Crippen LogP contribution in [-0.4, -0.2) is 29.3 Å². The second-order valence-electron chi connectivity index (χ2n) is 6.37. The maximum atomic E-state index is 12.4. The highest BCUT2D eigenvalue weighted by Crippen LogP contribution is 2.24. The molecule has 0 spiro atoms. The van der Waals surface area contributed by atoms with Crippen LogP contribution in [0.5, 0.6) is 0 Å². The molecule has 1 fully saturated rings. The van der Waals surface area contributed by atoms with E-state index in [1.807, 2.05) is 0 Å². The predicted octanol–water partition coefficient (Wildman–Crippen LogP) is 2.49. The molecule has 1 aliphatic carbocycles. The van der Waals surface area contributed by atoms with Gasteiger partial charge in [0, 0.05) is 35.1 Å². The van der Waals surface area contributed by atoms with Gasteiger partial charge < -0.3 is 16.0 Å². The summed E-state index contributed by atoms with van der Waals surface area (Å²) in [6.45, 7) is 0.606. The Morgan fingerprint density at radius 1 is 1.04 bits per heavy atom. The number of amides is 1. The zero-order chi connectivity index (χ0) is 16.9. The van der Waals surface area contributed by atoms with Crippen molar-refractivity contribution in [3.8, 4) is 0 Å². The molecule has 2 aromatic rings. The van der Waals surface area contributed by atoms with E-state index in [-0.39, 0.29) is 17.7 Å². The van der Waals surface area contributed by atoms with E-state index in [0.29, 0.717) is 29.2 Å². The number of carbonyl (C=O) groups excluding carboxylic acids is 2. The molecule has 0 bridgehead atoms. The Hall–Kier alpha value is -2.40. The third-order valence-corrected chi connectivity index (χ3v) is 4.80. The van der Waals surface area contributed by atoms with Crippen LogP contribution in [0.3, 0.4) is 0 Å². The van der Waals surface area contributed by atoms with Gasteiger partial charge in [0.1, 0.15) is 0 Å². The van der Waals surface area contributed by atoms with Crippen LogP contribution in [0.1, 0.15) is 52.0 Å². The fraction of sp³-hybridized carbons (Fsp3) is 0.368. The molecule has 0 radical (unpaired) electrons. The molecule has 1 heterocycles. The van der Waals surface area contributed by atoms with Gasteiger partial charge in [-0.25, -0.2) is 0 Å². The lowest BCUT2D eigenvalue weighted by molar-refractivity contribution is 0.0907. The Labute approximate surface area is 141 Å². The van der Waals surface area contributed by atoms with Gasteiger partial charge in [0.15, 0.2) is 5.78 Å². The van der Waals surface area contributed by atoms with E-state index in [1.165, 1.54) is 6.42 Å². The minimum absolute atomic E-state index is 0.0568. The first-order chi connectivity index (χ1) is 11.7. The smallest absolute Gasteiger partial charge is 0.251 e. The van der Waals surface area contributed by atoms with Crippen molar-refractivity contribution in [2.24, 2.45) is 11.7 Å². The average Bonchev–Trinajstić information content (AvgIpc) is 3.16. The molecular formula is C19H23N3O2. The first kappa shape index (κ1) is 16.5. The number of hydrogen-bond donors (Lipinski definition) is 3. The quantitative estimate of drug-likeness (QED) is 0.738. The van der Waals surface area contributed by atoms with Crippen LogP contribution in [-0.2, 0) is 0 Å². The van der Waals surface area contributed by atoms with Gasteiger partial charge in [-0.2, -0.15) is 0 Å². The summed E-state index contributed by atoms with van der Waals surface area (Å²) in [5, 5.41) is 3.10. The molecular weight excluding hydrogens is 302 g/mol. The largest absolute Gasteiger partial charge is 0.367 e.